The van der Waals surface area contributed by atoms with Gasteiger partial charge in [0.2, 0.25) is 0 Å². The second kappa shape index (κ2) is 11.8. The zero-order valence-corrected chi connectivity index (χ0v) is 22.3. The predicted octanol–water partition coefficient (Wildman–Crippen LogP) is 5.75. The summed E-state index contributed by atoms with van der Waals surface area (Å²) in [4.78, 5) is 12.5. The number of ether oxygens (including phenoxy) is 1. The van der Waals surface area contributed by atoms with Gasteiger partial charge in [-0.15, -0.1) is 0 Å². The number of rotatable bonds is 8. The molecule has 0 unspecified atom stereocenters. The minimum absolute atomic E-state index is 0.0452. The van der Waals surface area contributed by atoms with Gasteiger partial charge in [0.05, 0.1) is 12.1 Å². The number of hydrogen-bond acceptors (Lipinski definition) is 4. The van der Waals surface area contributed by atoms with Gasteiger partial charge < -0.3 is 20.5 Å². The molecule has 3 N–H and O–H groups in total. The van der Waals surface area contributed by atoms with Crippen LogP contribution in [0.3, 0.4) is 0 Å². The molecule has 3 atom stereocenters. The number of carbonyl (C=O) groups is 1. The number of amides is 1. The van der Waals surface area contributed by atoms with Crippen LogP contribution in [0.4, 0.5) is 13.6 Å². The zero-order valence-electron chi connectivity index (χ0n) is 20.8. The number of aryl methyl sites for hydroxylation is 1. The van der Waals surface area contributed by atoms with Crippen molar-refractivity contribution in [1.82, 2.24) is 10.6 Å². The molecule has 35 heavy (non-hydrogen) atoms. The van der Waals surface area contributed by atoms with Gasteiger partial charge in [0, 0.05) is 23.1 Å². The largest absolute Gasteiger partial charge is 0.444 e. The Kier molecular flexibility index (Phi) is 9.29. The number of fused-ring (bicyclic) bond motifs is 1. The van der Waals surface area contributed by atoms with Crippen LogP contribution >= 0.6 is 15.9 Å². The summed E-state index contributed by atoms with van der Waals surface area (Å²) in [5.74, 6) is -1.42. The van der Waals surface area contributed by atoms with Crippen molar-refractivity contribution in [2.45, 2.75) is 83.6 Å². The van der Waals surface area contributed by atoms with Crippen molar-refractivity contribution in [3.8, 4) is 0 Å². The fraction of sp³-hybridized carbons (Fsp3) is 0.519. The van der Waals surface area contributed by atoms with Crippen molar-refractivity contribution in [3.05, 3.63) is 68.7 Å². The van der Waals surface area contributed by atoms with Crippen LogP contribution in [-0.2, 0) is 24.0 Å². The van der Waals surface area contributed by atoms with Gasteiger partial charge >= 0.3 is 6.09 Å². The monoisotopic (exact) mass is 552 g/mol. The first-order chi connectivity index (χ1) is 16.4. The van der Waals surface area contributed by atoms with Crippen LogP contribution in [0.2, 0.25) is 0 Å². The maximum Gasteiger partial charge on any atom is 0.407 e. The molecule has 0 heterocycles. The highest BCUT2D eigenvalue weighted by molar-refractivity contribution is 9.10. The van der Waals surface area contributed by atoms with Gasteiger partial charge in [-0.3, -0.25) is 0 Å². The van der Waals surface area contributed by atoms with Crippen molar-refractivity contribution in [3.63, 3.8) is 0 Å². The van der Waals surface area contributed by atoms with E-state index >= 15 is 0 Å². The molecule has 0 aromatic heterocycles. The predicted molar refractivity (Wildman–Crippen MR) is 136 cm³/mol. The fourth-order valence-electron chi connectivity index (χ4n) is 4.48. The smallest absolute Gasteiger partial charge is 0.407 e. The SMILES string of the molecule is CCc1cc(Br)c2c(c1)[C@@H](NC[C@H](O)[C@H](Cc1cc(F)cc(F)c1)NC(=O)OC(C)(C)C)CCC2. The Morgan fingerprint density at radius 3 is 2.49 bits per heavy atom. The summed E-state index contributed by atoms with van der Waals surface area (Å²) in [5, 5.41) is 17.2. The fourth-order valence-corrected chi connectivity index (χ4v) is 5.20. The molecule has 8 heteroatoms. The highest BCUT2D eigenvalue weighted by atomic mass is 79.9. The number of hydrogen-bond donors (Lipinski definition) is 3. The molecule has 192 valence electrons. The van der Waals surface area contributed by atoms with E-state index in [-0.39, 0.29) is 19.0 Å². The number of halogens is 3. The maximum atomic E-state index is 13.8. The Balaban J connectivity index is 1.76. The Labute approximate surface area is 214 Å². The topological polar surface area (TPSA) is 70.6 Å². The third-order valence-corrected chi connectivity index (χ3v) is 6.82. The Bertz CT molecular complexity index is 1020. The minimum Gasteiger partial charge on any atom is -0.444 e. The zero-order chi connectivity index (χ0) is 25.8. The summed E-state index contributed by atoms with van der Waals surface area (Å²) in [5.41, 5.74) is 3.35. The number of carbonyl (C=O) groups excluding carboxylic acids is 1. The van der Waals surface area contributed by atoms with E-state index < -0.39 is 35.5 Å². The molecule has 0 spiro atoms. The summed E-state index contributed by atoms with van der Waals surface area (Å²) >= 11 is 3.70. The molecule has 5 nitrogen and oxygen atoms in total. The van der Waals surface area contributed by atoms with Crippen LogP contribution in [0, 0.1) is 11.6 Å². The number of alkyl carbamates (subject to hydrolysis) is 1. The average molecular weight is 553 g/mol. The van der Waals surface area contributed by atoms with E-state index in [1.54, 1.807) is 20.8 Å². The molecule has 0 bridgehead atoms. The first kappa shape index (κ1) is 27.6. The summed E-state index contributed by atoms with van der Waals surface area (Å²) in [6.07, 6.45) is 2.20. The first-order valence-corrected chi connectivity index (χ1v) is 12.9. The summed E-state index contributed by atoms with van der Waals surface area (Å²) < 4.78 is 34.0. The normalized spacial score (nSPS) is 17.4. The third kappa shape index (κ3) is 7.98. The lowest BCUT2D eigenvalue weighted by Crippen LogP contribution is -2.50. The first-order valence-electron chi connectivity index (χ1n) is 12.1. The van der Waals surface area contributed by atoms with Gasteiger partial charge in [-0.2, -0.15) is 0 Å². The molecule has 1 amide bonds. The van der Waals surface area contributed by atoms with Crippen LogP contribution in [0.1, 0.15) is 68.8 Å². The van der Waals surface area contributed by atoms with Gasteiger partial charge in [0.15, 0.2) is 0 Å². The number of aliphatic hydroxyl groups excluding tert-OH is 1. The quantitative estimate of drug-likeness (QED) is 0.389. The molecule has 1 aliphatic rings. The van der Waals surface area contributed by atoms with Crippen molar-refractivity contribution < 1.29 is 23.4 Å². The molecule has 0 aliphatic heterocycles. The highest BCUT2D eigenvalue weighted by Gasteiger charge is 2.28. The Morgan fingerprint density at radius 2 is 1.86 bits per heavy atom. The molecular formula is C27H35BrF2N2O3. The van der Waals surface area contributed by atoms with Crippen molar-refractivity contribution in [1.29, 1.82) is 0 Å². The lowest BCUT2D eigenvalue weighted by Gasteiger charge is -2.31. The van der Waals surface area contributed by atoms with Crippen molar-refractivity contribution in [2.75, 3.05) is 6.54 Å². The van der Waals surface area contributed by atoms with Gasteiger partial charge in [-0.05, 0) is 93.3 Å². The van der Waals surface area contributed by atoms with E-state index in [0.717, 1.165) is 36.2 Å². The Morgan fingerprint density at radius 1 is 1.17 bits per heavy atom. The molecule has 0 radical (unpaired) electrons. The Hall–Kier alpha value is -2.03. The number of aliphatic hydroxyl groups is 1. The second-order valence-electron chi connectivity index (χ2n) is 10.2. The standard InChI is InChI=1S/C27H35BrF2N2O3/c1-5-16-11-21-20(22(28)12-16)7-6-8-23(21)31-15-25(33)24(32-26(34)35-27(2,3)4)13-17-9-18(29)14-19(30)10-17/h9-12,14,23-25,31,33H,5-8,13,15H2,1-4H3,(H,32,34)/t23-,24-,25-/m0/s1. The van der Waals surface area contributed by atoms with E-state index in [1.165, 1.54) is 28.8 Å². The van der Waals surface area contributed by atoms with Gasteiger partial charge in [0.25, 0.3) is 0 Å². The molecule has 0 saturated heterocycles. The number of benzene rings is 2. The molecule has 2 aromatic rings. The molecular weight excluding hydrogens is 518 g/mol. The van der Waals surface area contributed by atoms with Crippen molar-refractivity contribution in [2.24, 2.45) is 0 Å². The number of nitrogens with one attached hydrogen (secondary N) is 2. The molecule has 0 fully saturated rings. The van der Waals surface area contributed by atoms with E-state index in [4.69, 9.17) is 4.74 Å². The molecule has 0 saturated carbocycles. The van der Waals surface area contributed by atoms with Gasteiger partial charge in [-0.1, -0.05) is 28.9 Å². The van der Waals surface area contributed by atoms with Crippen LogP contribution in [0.25, 0.3) is 0 Å². The van der Waals surface area contributed by atoms with Crippen LogP contribution in [-0.4, -0.2) is 35.5 Å². The molecule has 1 aliphatic carbocycles. The molecule has 3 rings (SSSR count). The summed E-state index contributed by atoms with van der Waals surface area (Å²) in [7, 11) is 0. The lowest BCUT2D eigenvalue weighted by atomic mass is 9.86. The molecule has 2 aromatic carbocycles. The van der Waals surface area contributed by atoms with Crippen LogP contribution < -0.4 is 10.6 Å². The minimum atomic E-state index is -1.02. The van der Waals surface area contributed by atoms with E-state index in [1.807, 2.05) is 0 Å². The van der Waals surface area contributed by atoms with E-state index in [0.29, 0.717) is 5.56 Å². The second-order valence-corrected chi connectivity index (χ2v) is 11.0. The highest BCUT2D eigenvalue weighted by Crippen LogP contribution is 2.35. The van der Waals surface area contributed by atoms with E-state index in [9.17, 15) is 18.7 Å². The lowest BCUT2D eigenvalue weighted by molar-refractivity contribution is 0.0419. The third-order valence-electron chi connectivity index (χ3n) is 6.11. The van der Waals surface area contributed by atoms with Gasteiger partial charge in [-0.25, -0.2) is 13.6 Å². The van der Waals surface area contributed by atoms with Crippen LogP contribution in [0.5, 0.6) is 0 Å². The van der Waals surface area contributed by atoms with Crippen molar-refractivity contribution >= 4 is 22.0 Å². The maximum absolute atomic E-state index is 13.8. The summed E-state index contributed by atoms with van der Waals surface area (Å²) in [6, 6.07) is 6.83. The van der Waals surface area contributed by atoms with E-state index in [2.05, 4.69) is 45.6 Å². The summed E-state index contributed by atoms with van der Waals surface area (Å²) in [6.45, 7) is 7.53. The van der Waals surface area contributed by atoms with Gasteiger partial charge in [0.1, 0.15) is 17.2 Å². The van der Waals surface area contributed by atoms with Crippen LogP contribution in [0.15, 0.2) is 34.8 Å². The average Bonchev–Trinajstić information content (AvgIpc) is 2.75.